The molecule has 0 radical (unpaired) electrons. The van der Waals surface area contributed by atoms with Gasteiger partial charge in [-0.3, -0.25) is 9.89 Å². The van der Waals surface area contributed by atoms with Gasteiger partial charge in [-0.15, -0.1) is 0 Å². The molecule has 0 spiro atoms. The number of amides is 1. The number of nitrogens with one attached hydrogen (secondary N) is 2. The SMILES string of the molecule is O=C(Nc1cccc(-c2ncn[nH]2)c1)C(F)(F)C1(O)CCC1. The molecule has 116 valence electrons. The van der Waals surface area contributed by atoms with Gasteiger partial charge in [-0.2, -0.15) is 13.9 Å². The molecule has 1 aromatic heterocycles. The number of aromatic amines is 1. The molecular weight excluding hydrogens is 294 g/mol. The van der Waals surface area contributed by atoms with Crippen molar-refractivity contribution in [1.29, 1.82) is 0 Å². The quantitative estimate of drug-likeness (QED) is 0.805. The topological polar surface area (TPSA) is 90.9 Å². The van der Waals surface area contributed by atoms with Crippen LogP contribution in [0.2, 0.25) is 0 Å². The zero-order valence-corrected chi connectivity index (χ0v) is 11.5. The fourth-order valence-corrected chi connectivity index (χ4v) is 2.34. The molecular formula is C14H14F2N4O2. The Kier molecular flexibility index (Phi) is 3.40. The van der Waals surface area contributed by atoms with Crippen LogP contribution in [0.25, 0.3) is 11.4 Å². The maximum Gasteiger partial charge on any atom is 0.352 e. The second kappa shape index (κ2) is 5.13. The maximum absolute atomic E-state index is 14.0. The van der Waals surface area contributed by atoms with Crippen LogP contribution in [0, 0.1) is 0 Å². The van der Waals surface area contributed by atoms with Gasteiger partial charge in [0.05, 0.1) is 0 Å². The molecule has 6 nitrogen and oxygen atoms in total. The minimum Gasteiger partial charge on any atom is -0.383 e. The highest BCUT2D eigenvalue weighted by Crippen LogP contribution is 2.44. The smallest absolute Gasteiger partial charge is 0.352 e. The molecule has 8 heteroatoms. The highest BCUT2D eigenvalue weighted by molar-refractivity contribution is 5.97. The van der Waals surface area contributed by atoms with E-state index in [9.17, 15) is 18.7 Å². The lowest BCUT2D eigenvalue weighted by molar-refractivity contribution is -0.212. The van der Waals surface area contributed by atoms with Crippen molar-refractivity contribution in [3.05, 3.63) is 30.6 Å². The highest BCUT2D eigenvalue weighted by Gasteiger charge is 2.61. The van der Waals surface area contributed by atoms with Crippen LogP contribution in [0.4, 0.5) is 14.5 Å². The van der Waals surface area contributed by atoms with Crippen molar-refractivity contribution in [2.75, 3.05) is 5.32 Å². The zero-order valence-electron chi connectivity index (χ0n) is 11.5. The molecule has 0 saturated heterocycles. The molecule has 1 aliphatic carbocycles. The van der Waals surface area contributed by atoms with Crippen molar-refractivity contribution in [3.8, 4) is 11.4 Å². The molecule has 0 bridgehead atoms. The van der Waals surface area contributed by atoms with Crippen LogP contribution in [0.1, 0.15) is 19.3 Å². The van der Waals surface area contributed by atoms with E-state index in [1.807, 2.05) is 0 Å². The Bertz CT molecular complexity index is 684. The fourth-order valence-electron chi connectivity index (χ4n) is 2.34. The van der Waals surface area contributed by atoms with E-state index in [0.717, 1.165) is 0 Å². The standard InChI is InChI=1S/C14H14F2N4O2/c15-14(16,13(22)5-2-6-13)12(21)19-10-4-1-3-9(7-10)11-17-8-18-20-11/h1,3-4,7-8,22H,2,5-6H2,(H,19,21)(H,17,18,20). The number of rotatable bonds is 4. The van der Waals surface area contributed by atoms with Gasteiger partial charge >= 0.3 is 5.92 Å². The number of aromatic nitrogens is 3. The van der Waals surface area contributed by atoms with E-state index in [1.54, 1.807) is 12.1 Å². The van der Waals surface area contributed by atoms with E-state index in [2.05, 4.69) is 20.5 Å². The summed E-state index contributed by atoms with van der Waals surface area (Å²) in [6.07, 6.45) is 1.65. The van der Waals surface area contributed by atoms with E-state index < -0.39 is 17.4 Å². The first-order valence-electron chi connectivity index (χ1n) is 6.80. The molecule has 1 amide bonds. The van der Waals surface area contributed by atoms with Crippen molar-refractivity contribution in [1.82, 2.24) is 15.2 Å². The van der Waals surface area contributed by atoms with Crippen molar-refractivity contribution in [2.45, 2.75) is 30.8 Å². The largest absolute Gasteiger partial charge is 0.383 e. The first-order valence-corrected chi connectivity index (χ1v) is 6.80. The minimum atomic E-state index is -3.83. The predicted octanol–water partition coefficient (Wildman–Crippen LogP) is 1.96. The second-order valence-corrected chi connectivity index (χ2v) is 5.33. The number of hydrogen-bond acceptors (Lipinski definition) is 4. The monoisotopic (exact) mass is 308 g/mol. The van der Waals surface area contributed by atoms with Crippen LogP contribution in [-0.4, -0.2) is 37.7 Å². The molecule has 1 aromatic carbocycles. The lowest BCUT2D eigenvalue weighted by atomic mass is 9.75. The first kappa shape index (κ1) is 14.6. The summed E-state index contributed by atoms with van der Waals surface area (Å²) in [5, 5.41) is 18.3. The van der Waals surface area contributed by atoms with E-state index in [1.165, 1.54) is 18.5 Å². The van der Waals surface area contributed by atoms with Crippen LogP contribution < -0.4 is 5.32 Å². The number of alkyl halides is 2. The van der Waals surface area contributed by atoms with Crippen molar-refractivity contribution in [2.24, 2.45) is 0 Å². The Morgan fingerprint density at radius 3 is 2.77 bits per heavy atom. The Morgan fingerprint density at radius 2 is 2.18 bits per heavy atom. The maximum atomic E-state index is 14.0. The van der Waals surface area contributed by atoms with Crippen LogP contribution in [0.15, 0.2) is 30.6 Å². The highest BCUT2D eigenvalue weighted by atomic mass is 19.3. The molecule has 1 heterocycles. The average molecular weight is 308 g/mol. The van der Waals surface area contributed by atoms with Gasteiger partial charge in [0, 0.05) is 11.3 Å². The summed E-state index contributed by atoms with van der Waals surface area (Å²) in [6.45, 7) is 0. The molecule has 0 aliphatic heterocycles. The van der Waals surface area contributed by atoms with E-state index in [4.69, 9.17) is 0 Å². The normalized spacial score (nSPS) is 16.9. The van der Waals surface area contributed by atoms with Gasteiger partial charge in [-0.1, -0.05) is 12.1 Å². The average Bonchev–Trinajstić information content (AvgIpc) is 2.99. The van der Waals surface area contributed by atoms with E-state index in [0.29, 0.717) is 17.8 Å². The van der Waals surface area contributed by atoms with E-state index >= 15 is 0 Å². The lowest BCUT2D eigenvalue weighted by Crippen LogP contribution is -2.59. The Hall–Kier alpha value is -2.35. The van der Waals surface area contributed by atoms with Crippen molar-refractivity contribution in [3.63, 3.8) is 0 Å². The summed E-state index contributed by atoms with van der Waals surface area (Å²) in [5.41, 5.74) is -1.44. The number of benzene rings is 1. The molecule has 0 atom stereocenters. The predicted molar refractivity (Wildman–Crippen MR) is 74.2 cm³/mol. The van der Waals surface area contributed by atoms with Gasteiger partial charge in [0.25, 0.3) is 5.91 Å². The van der Waals surface area contributed by atoms with E-state index in [-0.39, 0.29) is 18.5 Å². The van der Waals surface area contributed by atoms with Crippen molar-refractivity contribution < 1.29 is 18.7 Å². The van der Waals surface area contributed by atoms with Crippen LogP contribution in [-0.2, 0) is 4.79 Å². The lowest BCUT2D eigenvalue weighted by Gasteiger charge is -2.41. The summed E-state index contributed by atoms with van der Waals surface area (Å²) in [6, 6.07) is 6.29. The molecule has 3 N–H and O–H groups in total. The summed E-state index contributed by atoms with van der Waals surface area (Å²) < 4.78 is 28.0. The van der Waals surface area contributed by atoms with Crippen LogP contribution >= 0.6 is 0 Å². The number of anilines is 1. The number of hydrogen-bond donors (Lipinski definition) is 3. The molecule has 1 saturated carbocycles. The number of H-pyrrole nitrogens is 1. The molecule has 2 aromatic rings. The number of aliphatic hydroxyl groups is 1. The van der Waals surface area contributed by atoms with Gasteiger partial charge in [0.1, 0.15) is 11.9 Å². The summed E-state index contributed by atoms with van der Waals surface area (Å²) in [7, 11) is 0. The molecule has 3 rings (SSSR count). The van der Waals surface area contributed by atoms with Gasteiger partial charge in [-0.05, 0) is 31.4 Å². The first-order chi connectivity index (χ1) is 10.4. The Labute approximate surface area is 124 Å². The number of carbonyl (C=O) groups is 1. The van der Waals surface area contributed by atoms with Gasteiger partial charge < -0.3 is 10.4 Å². The second-order valence-electron chi connectivity index (χ2n) is 5.33. The van der Waals surface area contributed by atoms with Crippen LogP contribution in [0.5, 0.6) is 0 Å². The molecule has 1 aliphatic rings. The van der Waals surface area contributed by atoms with Crippen molar-refractivity contribution >= 4 is 11.6 Å². The van der Waals surface area contributed by atoms with Gasteiger partial charge in [0.2, 0.25) is 0 Å². The number of halogens is 2. The Morgan fingerprint density at radius 1 is 1.41 bits per heavy atom. The number of carbonyl (C=O) groups excluding carboxylic acids is 1. The molecule has 0 unspecified atom stereocenters. The number of nitrogens with zero attached hydrogens (tertiary/aromatic N) is 2. The third kappa shape index (κ3) is 2.35. The minimum absolute atomic E-state index is 0.0779. The summed E-state index contributed by atoms with van der Waals surface area (Å²) >= 11 is 0. The van der Waals surface area contributed by atoms with Gasteiger partial charge in [-0.25, -0.2) is 4.98 Å². The van der Waals surface area contributed by atoms with Crippen LogP contribution in [0.3, 0.4) is 0 Å². The molecule has 1 fully saturated rings. The summed E-state index contributed by atoms with van der Waals surface area (Å²) in [5.74, 6) is -4.88. The molecule has 22 heavy (non-hydrogen) atoms. The third-order valence-electron chi connectivity index (χ3n) is 3.86. The Balaban J connectivity index is 1.78. The fraction of sp³-hybridized carbons (Fsp3) is 0.357. The van der Waals surface area contributed by atoms with Gasteiger partial charge in [0.15, 0.2) is 5.82 Å². The third-order valence-corrected chi connectivity index (χ3v) is 3.86. The zero-order chi connectivity index (χ0) is 15.8. The summed E-state index contributed by atoms with van der Waals surface area (Å²) in [4.78, 5) is 15.8.